The summed E-state index contributed by atoms with van der Waals surface area (Å²) in [5, 5.41) is 4.46. The fourth-order valence-electron chi connectivity index (χ4n) is 1.89. The number of fused-ring (bicyclic) bond motifs is 1. The van der Waals surface area contributed by atoms with Crippen molar-refractivity contribution >= 4 is 27.9 Å². The molecule has 2 aromatic heterocycles. The van der Waals surface area contributed by atoms with E-state index < -0.39 is 0 Å². The quantitative estimate of drug-likeness (QED) is 0.786. The van der Waals surface area contributed by atoms with Crippen molar-refractivity contribution in [3.05, 3.63) is 63.5 Å². The van der Waals surface area contributed by atoms with E-state index in [4.69, 9.17) is 0 Å². The first-order chi connectivity index (χ1) is 9.66. The molecule has 0 aliphatic heterocycles. The van der Waals surface area contributed by atoms with Crippen LogP contribution >= 0.6 is 11.3 Å². The zero-order chi connectivity index (χ0) is 14.1. The van der Waals surface area contributed by atoms with Crippen LogP contribution in [0.2, 0.25) is 0 Å². The predicted octanol–water partition coefficient (Wildman–Crippen LogP) is 2.32. The molecule has 5 nitrogen and oxygen atoms in total. The SMILES string of the molecule is Cc1csc2ncc(NC(=O)c3ccccc3)c(=O)n12. The number of anilines is 1. The van der Waals surface area contributed by atoms with Crippen LogP contribution in [0.1, 0.15) is 16.1 Å². The third-order valence-electron chi connectivity index (χ3n) is 2.90. The van der Waals surface area contributed by atoms with Gasteiger partial charge in [0.25, 0.3) is 11.5 Å². The fourth-order valence-corrected chi connectivity index (χ4v) is 2.72. The molecule has 6 heteroatoms. The van der Waals surface area contributed by atoms with Gasteiger partial charge in [0.1, 0.15) is 5.69 Å². The Morgan fingerprint density at radius 2 is 2.05 bits per heavy atom. The topological polar surface area (TPSA) is 63.5 Å². The summed E-state index contributed by atoms with van der Waals surface area (Å²) in [6.45, 7) is 1.83. The number of hydrogen-bond acceptors (Lipinski definition) is 4. The Bertz CT molecular complexity index is 836. The molecule has 20 heavy (non-hydrogen) atoms. The number of hydrogen-bond donors (Lipinski definition) is 1. The average molecular weight is 285 g/mol. The summed E-state index contributed by atoms with van der Waals surface area (Å²) in [5.74, 6) is -0.322. The highest BCUT2D eigenvalue weighted by molar-refractivity contribution is 7.15. The largest absolute Gasteiger partial charge is 0.316 e. The number of nitrogens with zero attached hydrogens (tertiary/aromatic N) is 2. The van der Waals surface area contributed by atoms with Gasteiger partial charge in [0.2, 0.25) is 0 Å². The van der Waals surface area contributed by atoms with Crippen molar-refractivity contribution in [3.8, 4) is 0 Å². The van der Waals surface area contributed by atoms with Crippen molar-refractivity contribution in [3.63, 3.8) is 0 Å². The van der Waals surface area contributed by atoms with Gasteiger partial charge in [-0.1, -0.05) is 18.2 Å². The molecule has 2 heterocycles. The van der Waals surface area contributed by atoms with Crippen molar-refractivity contribution < 1.29 is 4.79 Å². The lowest BCUT2D eigenvalue weighted by molar-refractivity contribution is 0.102. The number of rotatable bonds is 2. The lowest BCUT2D eigenvalue weighted by Gasteiger charge is -2.05. The van der Waals surface area contributed by atoms with Crippen LogP contribution in [-0.2, 0) is 0 Å². The van der Waals surface area contributed by atoms with Crippen molar-refractivity contribution in [1.82, 2.24) is 9.38 Å². The monoisotopic (exact) mass is 285 g/mol. The van der Waals surface area contributed by atoms with Gasteiger partial charge in [-0.3, -0.25) is 14.0 Å². The zero-order valence-corrected chi connectivity index (χ0v) is 11.5. The first-order valence-corrected chi connectivity index (χ1v) is 6.87. The summed E-state index contributed by atoms with van der Waals surface area (Å²) in [5.41, 5.74) is 1.22. The third-order valence-corrected chi connectivity index (χ3v) is 3.86. The Labute approximate surface area is 118 Å². The van der Waals surface area contributed by atoms with Gasteiger partial charge in [0, 0.05) is 16.6 Å². The van der Waals surface area contributed by atoms with Gasteiger partial charge in [0.05, 0.1) is 6.20 Å². The van der Waals surface area contributed by atoms with Crippen molar-refractivity contribution in [2.24, 2.45) is 0 Å². The van der Waals surface area contributed by atoms with Crippen LogP contribution in [0.25, 0.3) is 4.96 Å². The van der Waals surface area contributed by atoms with Crippen LogP contribution in [0.15, 0.2) is 46.7 Å². The highest BCUT2D eigenvalue weighted by Gasteiger charge is 2.11. The molecule has 0 fully saturated rings. The predicted molar refractivity (Wildman–Crippen MR) is 78.5 cm³/mol. The third kappa shape index (κ3) is 2.10. The minimum absolute atomic E-state index is 0.179. The van der Waals surface area contributed by atoms with E-state index in [2.05, 4.69) is 10.3 Å². The van der Waals surface area contributed by atoms with Gasteiger partial charge in [-0.2, -0.15) is 0 Å². The Morgan fingerprint density at radius 3 is 2.80 bits per heavy atom. The number of nitrogens with one attached hydrogen (secondary N) is 1. The molecule has 0 aliphatic rings. The molecule has 3 aromatic rings. The van der Waals surface area contributed by atoms with E-state index in [0.717, 1.165) is 5.69 Å². The summed E-state index contributed by atoms with van der Waals surface area (Å²) < 4.78 is 1.49. The van der Waals surface area contributed by atoms with Crippen LogP contribution in [0, 0.1) is 6.92 Å². The van der Waals surface area contributed by atoms with Gasteiger partial charge >= 0.3 is 0 Å². The van der Waals surface area contributed by atoms with E-state index in [1.54, 1.807) is 24.3 Å². The molecule has 0 aliphatic carbocycles. The van der Waals surface area contributed by atoms with Crippen LogP contribution in [0.5, 0.6) is 0 Å². The smallest absolute Gasteiger partial charge is 0.282 e. The molecule has 0 atom stereocenters. The molecule has 0 radical (unpaired) electrons. The Hall–Kier alpha value is -2.47. The Balaban J connectivity index is 2.00. The Morgan fingerprint density at radius 1 is 1.30 bits per heavy atom. The molecule has 0 unspecified atom stereocenters. The highest BCUT2D eigenvalue weighted by Crippen LogP contribution is 2.13. The van der Waals surface area contributed by atoms with Crippen molar-refractivity contribution in [1.29, 1.82) is 0 Å². The van der Waals surface area contributed by atoms with Gasteiger partial charge < -0.3 is 5.32 Å². The van der Waals surface area contributed by atoms with Gasteiger partial charge in [-0.05, 0) is 19.1 Å². The second kappa shape index (κ2) is 4.90. The lowest BCUT2D eigenvalue weighted by atomic mass is 10.2. The number of carbonyl (C=O) groups excluding carboxylic acids is 1. The standard InChI is InChI=1S/C14H11N3O2S/c1-9-8-20-14-15-7-11(13(19)17(9)14)16-12(18)10-5-3-2-4-6-10/h2-8H,1H3,(H,16,18). The maximum absolute atomic E-state index is 12.3. The van der Waals surface area contributed by atoms with Gasteiger partial charge in [-0.25, -0.2) is 4.98 Å². The average Bonchev–Trinajstić information content (AvgIpc) is 2.85. The van der Waals surface area contributed by atoms with E-state index in [1.165, 1.54) is 21.9 Å². The minimum Gasteiger partial charge on any atom is -0.316 e. The molecule has 0 bridgehead atoms. The van der Waals surface area contributed by atoms with E-state index >= 15 is 0 Å². The van der Waals surface area contributed by atoms with Gasteiger partial charge in [0.15, 0.2) is 4.96 Å². The minimum atomic E-state index is -0.322. The number of thiazole rings is 1. The summed E-state index contributed by atoms with van der Waals surface area (Å²) in [6, 6.07) is 8.75. The van der Waals surface area contributed by atoms with E-state index in [0.29, 0.717) is 10.5 Å². The molecular formula is C14H11N3O2S. The van der Waals surface area contributed by atoms with E-state index in [9.17, 15) is 9.59 Å². The molecule has 1 amide bonds. The molecule has 100 valence electrons. The van der Waals surface area contributed by atoms with Crippen LogP contribution in [0.4, 0.5) is 5.69 Å². The molecule has 0 spiro atoms. The first kappa shape index (κ1) is 12.6. The van der Waals surface area contributed by atoms with Gasteiger partial charge in [-0.15, -0.1) is 11.3 Å². The van der Waals surface area contributed by atoms with Crippen LogP contribution in [0.3, 0.4) is 0 Å². The summed E-state index contributed by atoms with van der Waals surface area (Å²) in [4.78, 5) is 29.1. The van der Waals surface area contributed by atoms with Crippen molar-refractivity contribution in [2.75, 3.05) is 5.32 Å². The second-order valence-corrected chi connectivity index (χ2v) is 5.13. The molecule has 0 saturated heterocycles. The summed E-state index contributed by atoms with van der Waals surface area (Å²) >= 11 is 1.39. The maximum Gasteiger partial charge on any atom is 0.282 e. The van der Waals surface area contributed by atoms with E-state index in [1.807, 2.05) is 18.4 Å². The molecule has 0 saturated carbocycles. The Kier molecular flexibility index (Phi) is 3.08. The molecular weight excluding hydrogens is 274 g/mol. The number of carbonyl (C=O) groups is 1. The summed E-state index contributed by atoms with van der Waals surface area (Å²) in [7, 11) is 0. The highest BCUT2D eigenvalue weighted by atomic mass is 32.1. The first-order valence-electron chi connectivity index (χ1n) is 5.99. The normalized spacial score (nSPS) is 10.7. The second-order valence-electron chi connectivity index (χ2n) is 4.29. The number of aryl methyl sites for hydroxylation is 1. The van der Waals surface area contributed by atoms with Crippen molar-refractivity contribution in [2.45, 2.75) is 6.92 Å². The fraction of sp³-hybridized carbons (Fsp3) is 0.0714. The molecule has 3 rings (SSSR count). The number of amides is 1. The summed E-state index contributed by atoms with van der Waals surface area (Å²) in [6.07, 6.45) is 1.40. The zero-order valence-electron chi connectivity index (χ0n) is 10.7. The van der Waals surface area contributed by atoms with Crippen LogP contribution < -0.4 is 10.9 Å². The maximum atomic E-state index is 12.3. The number of aromatic nitrogens is 2. The van der Waals surface area contributed by atoms with Crippen LogP contribution in [-0.4, -0.2) is 15.3 Å². The molecule has 1 N–H and O–H groups in total. The molecule has 1 aromatic carbocycles. The lowest BCUT2D eigenvalue weighted by Crippen LogP contribution is -2.23. The van der Waals surface area contributed by atoms with E-state index in [-0.39, 0.29) is 17.2 Å². The number of benzene rings is 1.